The maximum Gasteiger partial charge on any atom is 0.326 e. The van der Waals surface area contributed by atoms with Crippen molar-refractivity contribution in [3.63, 3.8) is 0 Å². The van der Waals surface area contributed by atoms with Gasteiger partial charge in [0.05, 0.1) is 6.54 Å². The first-order valence-corrected chi connectivity index (χ1v) is 20.8. The number of aliphatic imine (C=N–C) groups is 1. The Morgan fingerprint density at radius 3 is 1.55 bits per heavy atom. The first-order valence-electron chi connectivity index (χ1n) is 20.8. The van der Waals surface area contributed by atoms with E-state index in [2.05, 4.69) is 36.9 Å². The summed E-state index contributed by atoms with van der Waals surface area (Å²) in [5, 5.41) is 53.3. The Morgan fingerprint density at radius 2 is 1.06 bits per heavy atom. The van der Waals surface area contributed by atoms with E-state index in [9.17, 15) is 63.6 Å². The zero-order valence-corrected chi connectivity index (χ0v) is 36.2. The fraction of sp³-hybridized carbons (Fsp3) is 0.476. The molecule has 23 heteroatoms. The number of phenols is 1. The number of carbonyl (C=O) groups excluding carboxylic acids is 6. The normalized spacial score (nSPS) is 14.0. The van der Waals surface area contributed by atoms with Gasteiger partial charge < -0.3 is 69.5 Å². The van der Waals surface area contributed by atoms with Crippen LogP contribution in [-0.4, -0.2) is 129 Å². The van der Waals surface area contributed by atoms with Gasteiger partial charge in [-0.25, -0.2) is 4.79 Å². The number of phenolic OH excluding ortho intramolecular Hbond substituents is 1. The van der Waals surface area contributed by atoms with Crippen LogP contribution in [0.3, 0.4) is 0 Å². The monoisotopic (exact) mass is 912 g/mol. The zero-order valence-electron chi connectivity index (χ0n) is 36.2. The van der Waals surface area contributed by atoms with Crippen LogP contribution >= 0.6 is 0 Å². The second kappa shape index (κ2) is 27.7. The van der Waals surface area contributed by atoms with E-state index in [4.69, 9.17) is 17.2 Å². The van der Waals surface area contributed by atoms with Crippen molar-refractivity contribution < 1.29 is 63.6 Å². The van der Waals surface area contributed by atoms with Crippen molar-refractivity contribution in [1.82, 2.24) is 31.9 Å². The second-order valence-corrected chi connectivity index (χ2v) is 15.2. The Hall–Kier alpha value is -7.30. The van der Waals surface area contributed by atoms with Crippen molar-refractivity contribution in [2.45, 2.75) is 108 Å². The molecule has 0 fully saturated rings. The molecule has 2 aromatic rings. The molecule has 0 spiro atoms. The van der Waals surface area contributed by atoms with Crippen LogP contribution in [0.4, 0.5) is 0 Å². The number of aromatic hydroxyl groups is 1. The van der Waals surface area contributed by atoms with Crippen molar-refractivity contribution in [3.05, 3.63) is 65.7 Å². The van der Waals surface area contributed by atoms with Gasteiger partial charge in [-0.3, -0.25) is 43.3 Å². The number of nitrogens with one attached hydrogen (secondary N) is 6. The molecule has 0 aliphatic heterocycles. The summed E-state index contributed by atoms with van der Waals surface area (Å²) in [6, 6.07) is 5.19. The number of hydrogen-bond acceptors (Lipinski definition) is 12. The minimum Gasteiger partial charge on any atom is -0.508 e. The van der Waals surface area contributed by atoms with E-state index >= 15 is 0 Å². The van der Waals surface area contributed by atoms with E-state index < -0.39 is 121 Å². The smallest absolute Gasteiger partial charge is 0.326 e. The quantitative estimate of drug-likeness (QED) is 0.0238. The highest BCUT2D eigenvalue weighted by molar-refractivity contribution is 5.97. The molecule has 0 heterocycles. The lowest BCUT2D eigenvalue weighted by Crippen LogP contribution is -2.61. The standard InChI is InChI=1S/C42H60N10O13/c1-3-23(2)35(52-37(60)27(15-17-33(55)56)47-32(54)22-43)40(63)51-31(21-25-11-13-26(53)14-12-25)39(62)50-30(20-24-8-5-4-6-9-24)38(61)48-28(16-18-34(57)58)36(59)49-29(41(64)65)10-7-19-46-42(44)45/h4-6,8-9,11-14,23,27-31,35,53H,3,7,10,15-22,43H2,1-2H3,(H,47,54)(H,48,61)(H,49,59)(H,50,62)(H,51,63)(H,52,60)(H,55,56)(H,57,58)(H,64,65)(H4,44,45,46)/t23-,27-,28-,29-,30-,31-,35-/m0/s1. The van der Waals surface area contributed by atoms with Crippen molar-refractivity contribution in [3.8, 4) is 5.75 Å². The summed E-state index contributed by atoms with van der Waals surface area (Å²) in [7, 11) is 0. The first kappa shape index (κ1) is 53.8. The third-order valence-corrected chi connectivity index (χ3v) is 10.0. The Morgan fingerprint density at radius 1 is 0.600 bits per heavy atom. The van der Waals surface area contributed by atoms with E-state index in [1.165, 1.54) is 24.3 Å². The lowest BCUT2D eigenvalue weighted by Gasteiger charge is -2.29. The van der Waals surface area contributed by atoms with Crippen LogP contribution in [0.2, 0.25) is 0 Å². The third-order valence-electron chi connectivity index (χ3n) is 10.0. The van der Waals surface area contributed by atoms with E-state index in [1.807, 2.05) is 0 Å². The maximum atomic E-state index is 14.4. The van der Waals surface area contributed by atoms with Crippen molar-refractivity contribution in [1.29, 1.82) is 0 Å². The number of nitrogens with two attached hydrogens (primary N) is 3. The Kier molecular flexibility index (Phi) is 22.9. The highest BCUT2D eigenvalue weighted by Crippen LogP contribution is 2.15. The maximum absolute atomic E-state index is 14.4. The van der Waals surface area contributed by atoms with Crippen LogP contribution in [-0.2, 0) is 56.0 Å². The number of rotatable bonds is 29. The predicted octanol–water partition coefficient (Wildman–Crippen LogP) is -2.04. The van der Waals surface area contributed by atoms with Crippen LogP contribution in [0, 0.1) is 5.92 Å². The lowest BCUT2D eigenvalue weighted by molar-refractivity contribution is -0.143. The molecule has 356 valence electrons. The average Bonchev–Trinajstić information content (AvgIpc) is 3.26. The number of aliphatic carboxylic acids is 3. The van der Waals surface area contributed by atoms with Gasteiger partial charge in [0.1, 0.15) is 42.0 Å². The Labute approximate surface area is 374 Å². The minimum atomic E-state index is -1.60. The molecular weight excluding hydrogens is 853 g/mol. The van der Waals surface area contributed by atoms with E-state index in [0.717, 1.165) is 0 Å². The van der Waals surface area contributed by atoms with Gasteiger partial charge in [-0.05, 0) is 54.9 Å². The number of carboxylic acid groups (broad SMARTS) is 3. The predicted molar refractivity (Wildman–Crippen MR) is 233 cm³/mol. The van der Waals surface area contributed by atoms with Gasteiger partial charge >= 0.3 is 17.9 Å². The van der Waals surface area contributed by atoms with Gasteiger partial charge in [-0.2, -0.15) is 0 Å². The molecule has 6 amide bonds. The number of amides is 6. The summed E-state index contributed by atoms with van der Waals surface area (Å²) in [5.41, 5.74) is 17.0. The molecule has 0 aliphatic rings. The number of hydrogen-bond donors (Lipinski definition) is 13. The Bertz CT molecular complexity index is 1980. The van der Waals surface area contributed by atoms with Gasteiger partial charge in [0.2, 0.25) is 35.4 Å². The first-order chi connectivity index (χ1) is 30.7. The van der Waals surface area contributed by atoms with Crippen molar-refractivity contribution in [2.24, 2.45) is 28.1 Å². The molecule has 7 atom stereocenters. The van der Waals surface area contributed by atoms with Crippen LogP contribution in [0.5, 0.6) is 5.75 Å². The fourth-order valence-corrected chi connectivity index (χ4v) is 6.26. The zero-order chi connectivity index (χ0) is 48.6. The summed E-state index contributed by atoms with van der Waals surface area (Å²) < 4.78 is 0. The number of benzene rings is 2. The fourth-order valence-electron chi connectivity index (χ4n) is 6.26. The van der Waals surface area contributed by atoms with Crippen LogP contribution in [0.1, 0.15) is 69.9 Å². The topological polar surface area (TPSA) is 397 Å². The lowest BCUT2D eigenvalue weighted by atomic mass is 9.96. The molecule has 0 unspecified atom stereocenters. The summed E-state index contributed by atoms with van der Waals surface area (Å²) in [6.45, 7) is 2.90. The largest absolute Gasteiger partial charge is 0.508 e. The second-order valence-electron chi connectivity index (χ2n) is 15.2. The van der Waals surface area contributed by atoms with Crippen LogP contribution in [0.25, 0.3) is 0 Å². The van der Waals surface area contributed by atoms with Gasteiger partial charge in [0.25, 0.3) is 0 Å². The number of guanidine groups is 1. The summed E-state index contributed by atoms with van der Waals surface area (Å²) in [6.07, 6.45) is -2.02. The molecule has 0 aromatic heterocycles. The average molecular weight is 913 g/mol. The third kappa shape index (κ3) is 20.2. The Balaban J connectivity index is 2.52. The van der Waals surface area contributed by atoms with E-state index in [1.54, 1.807) is 44.2 Å². The molecule has 2 aromatic carbocycles. The highest BCUT2D eigenvalue weighted by atomic mass is 16.4. The highest BCUT2D eigenvalue weighted by Gasteiger charge is 2.35. The molecular formula is C42H60N10O13. The molecule has 0 saturated carbocycles. The molecule has 0 radical (unpaired) electrons. The molecule has 0 saturated heterocycles. The summed E-state index contributed by atoms with van der Waals surface area (Å²) in [4.78, 5) is 121. The summed E-state index contributed by atoms with van der Waals surface area (Å²) in [5.74, 6) is -10.3. The van der Waals surface area contributed by atoms with Crippen LogP contribution < -0.4 is 49.1 Å². The molecule has 65 heavy (non-hydrogen) atoms. The van der Waals surface area contributed by atoms with E-state index in [0.29, 0.717) is 17.5 Å². The molecule has 23 nitrogen and oxygen atoms in total. The van der Waals surface area contributed by atoms with Gasteiger partial charge in [0, 0.05) is 32.2 Å². The van der Waals surface area contributed by atoms with Crippen LogP contribution in [0.15, 0.2) is 59.6 Å². The van der Waals surface area contributed by atoms with Gasteiger partial charge in [0.15, 0.2) is 5.96 Å². The van der Waals surface area contributed by atoms with Crippen molar-refractivity contribution in [2.75, 3.05) is 13.1 Å². The SMILES string of the molecule is CC[C@H](C)[C@H](NC(=O)[C@H](CCC(=O)O)NC(=O)CN)C(=O)N[C@@H](Cc1ccc(O)cc1)C(=O)N[C@@H](Cc1ccccc1)C(=O)N[C@@H](CCC(=O)O)C(=O)N[C@@H](CCCN=C(N)N)C(=O)O. The summed E-state index contributed by atoms with van der Waals surface area (Å²) >= 11 is 0. The molecule has 16 N–H and O–H groups in total. The molecule has 2 rings (SSSR count). The van der Waals surface area contributed by atoms with Crippen molar-refractivity contribution >= 4 is 59.3 Å². The number of carbonyl (C=O) groups is 9. The molecule has 0 bridgehead atoms. The molecule has 0 aliphatic carbocycles. The van der Waals surface area contributed by atoms with Gasteiger partial charge in [-0.15, -0.1) is 0 Å². The number of carboxylic acids is 3. The van der Waals surface area contributed by atoms with E-state index in [-0.39, 0.29) is 50.4 Å². The minimum absolute atomic E-state index is 0.0487. The van der Waals surface area contributed by atoms with Gasteiger partial charge in [-0.1, -0.05) is 62.7 Å². The number of nitrogens with zero attached hydrogens (tertiary/aromatic N) is 1.